The molecule has 2 N–H and O–H groups in total. The summed E-state index contributed by atoms with van der Waals surface area (Å²) in [7, 11) is 1.70. The zero-order valence-corrected chi connectivity index (χ0v) is 10.5. The summed E-state index contributed by atoms with van der Waals surface area (Å²) in [6, 6.07) is 4.94. The van der Waals surface area contributed by atoms with Gasteiger partial charge in [0.15, 0.2) is 0 Å². The van der Waals surface area contributed by atoms with Crippen molar-refractivity contribution in [1.82, 2.24) is 9.78 Å². The Bertz CT molecular complexity index is 646. The molecule has 0 atom stereocenters. The lowest BCUT2D eigenvalue weighted by molar-refractivity contribution is 0.0697. The molecule has 0 bridgehead atoms. The Hall–Kier alpha value is -2.63. The van der Waals surface area contributed by atoms with Crippen molar-refractivity contribution in [3.05, 3.63) is 47.3 Å². The average molecular weight is 259 g/mol. The fourth-order valence-electron chi connectivity index (χ4n) is 1.79. The van der Waals surface area contributed by atoms with E-state index < -0.39 is 5.97 Å². The summed E-state index contributed by atoms with van der Waals surface area (Å²) in [6.45, 7) is 1.68. The number of rotatable bonds is 3. The van der Waals surface area contributed by atoms with Crippen molar-refractivity contribution in [2.24, 2.45) is 7.05 Å². The van der Waals surface area contributed by atoms with Gasteiger partial charge in [0.2, 0.25) is 0 Å². The molecular weight excluding hydrogens is 246 g/mol. The first-order valence-electron chi connectivity index (χ1n) is 5.62. The highest BCUT2D eigenvalue weighted by molar-refractivity contribution is 6.07. The molecule has 98 valence electrons. The summed E-state index contributed by atoms with van der Waals surface area (Å²) in [5, 5.41) is 15.6. The molecule has 6 heteroatoms. The van der Waals surface area contributed by atoms with Crippen molar-refractivity contribution in [1.29, 1.82) is 0 Å². The first kappa shape index (κ1) is 12.8. The summed E-state index contributed by atoms with van der Waals surface area (Å²) in [6.07, 6.45) is 2.98. The van der Waals surface area contributed by atoms with Gasteiger partial charge in [0, 0.05) is 13.2 Å². The van der Waals surface area contributed by atoms with Gasteiger partial charge in [-0.15, -0.1) is 0 Å². The summed E-state index contributed by atoms with van der Waals surface area (Å²) < 4.78 is 1.50. The molecule has 0 saturated heterocycles. The number of benzene rings is 1. The van der Waals surface area contributed by atoms with Gasteiger partial charge >= 0.3 is 5.97 Å². The summed E-state index contributed by atoms with van der Waals surface area (Å²) in [5.41, 5.74) is 1.35. The third-order valence-corrected chi connectivity index (χ3v) is 2.70. The third kappa shape index (κ3) is 2.62. The van der Waals surface area contributed by atoms with Crippen LogP contribution in [0.1, 0.15) is 26.3 Å². The molecule has 0 spiro atoms. The van der Waals surface area contributed by atoms with Crippen LogP contribution in [0.15, 0.2) is 30.6 Å². The molecule has 0 aliphatic heterocycles. The minimum atomic E-state index is -1.07. The summed E-state index contributed by atoms with van der Waals surface area (Å²) >= 11 is 0. The molecule has 1 aromatic heterocycles. The molecule has 19 heavy (non-hydrogen) atoms. The first-order chi connectivity index (χ1) is 8.99. The van der Waals surface area contributed by atoms with Crippen LogP contribution >= 0.6 is 0 Å². The van der Waals surface area contributed by atoms with Gasteiger partial charge in [-0.1, -0.05) is 12.1 Å². The van der Waals surface area contributed by atoms with Crippen LogP contribution in [-0.4, -0.2) is 26.8 Å². The predicted molar refractivity (Wildman–Crippen MR) is 69.3 cm³/mol. The van der Waals surface area contributed by atoms with E-state index in [0.717, 1.165) is 0 Å². The molecule has 1 amide bonds. The van der Waals surface area contributed by atoms with E-state index in [1.54, 1.807) is 38.4 Å². The van der Waals surface area contributed by atoms with Crippen LogP contribution in [0, 0.1) is 6.92 Å². The molecule has 1 aromatic carbocycles. The molecular formula is C13H13N3O3. The lowest BCUT2D eigenvalue weighted by atomic mass is 10.1. The van der Waals surface area contributed by atoms with E-state index >= 15 is 0 Å². The van der Waals surface area contributed by atoms with Crippen molar-refractivity contribution < 1.29 is 14.7 Å². The highest BCUT2D eigenvalue weighted by Crippen LogP contribution is 2.20. The zero-order chi connectivity index (χ0) is 14.0. The molecule has 0 radical (unpaired) electrons. The van der Waals surface area contributed by atoms with Gasteiger partial charge in [-0.25, -0.2) is 4.79 Å². The lowest BCUT2D eigenvalue weighted by Crippen LogP contribution is -2.15. The Morgan fingerprint density at radius 1 is 1.37 bits per heavy atom. The number of aryl methyl sites for hydroxylation is 2. The summed E-state index contributed by atoms with van der Waals surface area (Å²) in [4.78, 5) is 23.2. The largest absolute Gasteiger partial charge is 0.478 e. The number of nitrogens with zero attached hydrogens (tertiary/aromatic N) is 2. The number of hydrogen-bond donors (Lipinski definition) is 2. The lowest BCUT2D eigenvalue weighted by Gasteiger charge is -2.09. The van der Waals surface area contributed by atoms with Gasteiger partial charge in [0.1, 0.15) is 0 Å². The van der Waals surface area contributed by atoms with E-state index in [9.17, 15) is 9.59 Å². The number of nitrogens with one attached hydrogen (secondary N) is 1. The number of carboxylic acid groups (broad SMARTS) is 1. The molecule has 2 rings (SSSR count). The second-order valence-electron chi connectivity index (χ2n) is 4.16. The van der Waals surface area contributed by atoms with Crippen molar-refractivity contribution in [3.63, 3.8) is 0 Å². The van der Waals surface area contributed by atoms with Crippen LogP contribution in [0.5, 0.6) is 0 Å². The molecule has 0 unspecified atom stereocenters. The van der Waals surface area contributed by atoms with Crippen molar-refractivity contribution in [2.45, 2.75) is 6.92 Å². The van der Waals surface area contributed by atoms with Gasteiger partial charge in [-0.3, -0.25) is 9.48 Å². The Morgan fingerprint density at radius 2 is 2.11 bits per heavy atom. The average Bonchev–Trinajstić information content (AvgIpc) is 2.75. The fourth-order valence-corrected chi connectivity index (χ4v) is 1.79. The number of carbonyl (C=O) groups excluding carboxylic acids is 1. The number of amides is 1. The Balaban J connectivity index is 2.31. The monoisotopic (exact) mass is 259 g/mol. The zero-order valence-electron chi connectivity index (χ0n) is 10.5. The molecule has 1 heterocycles. The second-order valence-corrected chi connectivity index (χ2v) is 4.16. The maximum absolute atomic E-state index is 12.0. The minimum Gasteiger partial charge on any atom is -0.478 e. The Labute approximate surface area is 109 Å². The Morgan fingerprint density at radius 3 is 2.68 bits per heavy atom. The quantitative estimate of drug-likeness (QED) is 0.878. The van der Waals surface area contributed by atoms with E-state index in [1.165, 1.54) is 10.9 Å². The van der Waals surface area contributed by atoms with Crippen molar-refractivity contribution in [3.8, 4) is 0 Å². The van der Waals surface area contributed by atoms with Crippen molar-refractivity contribution in [2.75, 3.05) is 5.32 Å². The highest BCUT2D eigenvalue weighted by Gasteiger charge is 2.16. The molecule has 2 aromatic rings. The maximum atomic E-state index is 12.0. The van der Waals surface area contributed by atoms with Crippen LogP contribution in [0.4, 0.5) is 5.69 Å². The van der Waals surface area contributed by atoms with E-state index in [2.05, 4.69) is 10.4 Å². The van der Waals surface area contributed by atoms with Gasteiger partial charge in [-0.2, -0.15) is 5.10 Å². The van der Waals surface area contributed by atoms with E-state index in [0.29, 0.717) is 11.1 Å². The van der Waals surface area contributed by atoms with Crippen LogP contribution < -0.4 is 5.32 Å². The normalized spacial score (nSPS) is 10.2. The molecule has 0 aliphatic rings. The highest BCUT2D eigenvalue weighted by atomic mass is 16.4. The van der Waals surface area contributed by atoms with E-state index in [-0.39, 0.29) is 17.2 Å². The maximum Gasteiger partial charge on any atom is 0.338 e. The summed E-state index contributed by atoms with van der Waals surface area (Å²) in [5.74, 6) is -1.46. The number of aromatic carboxylic acids is 1. The van der Waals surface area contributed by atoms with E-state index in [4.69, 9.17) is 5.11 Å². The van der Waals surface area contributed by atoms with E-state index in [1.807, 2.05) is 0 Å². The first-order valence-corrected chi connectivity index (χ1v) is 5.62. The minimum absolute atomic E-state index is 0.0970. The molecule has 6 nitrogen and oxygen atoms in total. The van der Waals surface area contributed by atoms with Gasteiger partial charge < -0.3 is 10.4 Å². The van der Waals surface area contributed by atoms with Gasteiger partial charge in [0.25, 0.3) is 5.91 Å². The predicted octanol–water partition coefficient (Wildman–Crippen LogP) is 1.68. The number of carboxylic acids is 1. The van der Waals surface area contributed by atoms with Crippen LogP contribution in [0.2, 0.25) is 0 Å². The number of hydrogen-bond acceptors (Lipinski definition) is 3. The molecule has 0 saturated carbocycles. The SMILES string of the molecule is Cc1cccc(NC(=O)c2cnn(C)c2)c1C(=O)O. The number of aromatic nitrogens is 2. The van der Waals surface area contributed by atoms with Crippen LogP contribution in [-0.2, 0) is 7.05 Å². The standard InChI is InChI=1S/C13H13N3O3/c1-8-4-3-5-10(11(8)13(18)19)15-12(17)9-6-14-16(2)7-9/h3-7H,1-2H3,(H,15,17)(H,18,19). The number of anilines is 1. The van der Waals surface area contributed by atoms with Gasteiger partial charge in [0.05, 0.1) is 23.0 Å². The van der Waals surface area contributed by atoms with Crippen LogP contribution in [0.25, 0.3) is 0 Å². The molecule has 0 aliphatic carbocycles. The van der Waals surface area contributed by atoms with Crippen LogP contribution in [0.3, 0.4) is 0 Å². The number of carbonyl (C=O) groups is 2. The second kappa shape index (κ2) is 4.93. The van der Waals surface area contributed by atoms with Gasteiger partial charge in [-0.05, 0) is 18.6 Å². The topological polar surface area (TPSA) is 84.2 Å². The fraction of sp³-hybridized carbons (Fsp3) is 0.154. The smallest absolute Gasteiger partial charge is 0.338 e. The molecule has 0 fully saturated rings. The Kier molecular flexibility index (Phi) is 3.33. The third-order valence-electron chi connectivity index (χ3n) is 2.70. The van der Waals surface area contributed by atoms with Crippen molar-refractivity contribution >= 4 is 17.6 Å².